The molecule has 0 atom stereocenters. The zero-order valence-corrected chi connectivity index (χ0v) is 12.1. The Bertz CT molecular complexity index is 702. The van der Waals surface area contributed by atoms with Crippen LogP contribution in [0.25, 0.3) is 0 Å². The molecule has 0 saturated heterocycles. The molecule has 0 saturated carbocycles. The van der Waals surface area contributed by atoms with Gasteiger partial charge in [0.1, 0.15) is 10.7 Å². The largest absolute Gasteiger partial charge is 0.325 e. The summed E-state index contributed by atoms with van der Waals surface area (Å²) in [4.78, 5) is 4.04. The first-order valence-electron chi connectivity index (χ1n) is 6.41. The molecule has 1 heterocycles. The predicted molar refractivity (Wildman–Crippen MR) is 77.4 cm³/mol. The molecule has 0 aliphatic rings. The number of halogens is 1. The minimum atomic E-state index is -3.65. The second-order valence-corrected chi connectivity index (χ2v) is 6.16. The molecule has 0 amide bonds. The Morgan fingerprint density at radius 1 is 1.19 bits per heavy atom. The number of aromatic nitrogens is 1. The summed E-state index contributed by atoms with van der Waals surface area (Å²) in [7, 11) is -3.65. The molecule has 0 bridgehead atoms. The second kappa shape index (κ2) is 6.75. The fourth-order valence-corrected chi connectivity index (χ4v) is 3.11. The number of hydrogen-bond donors (Lipinski definition) is 2. The molecule has 1 aromatic heterocycles. The molecular formula is C14H16FN3O2S. The van der Waals surface area contributed by atoms with Crippen LogP contribution in [-0.4, -0.2) is 19.9 Å². The molecule has 2 aromatic rings. The summed E-state index contributed by atoms with van der Waals surface area (Å²) in [5, 5.41) is 0. The summed E-state index contributed by atoms with van der Waals surface area (Å²) < 4.78 is 39.6. The maximum absolute atomic E-state index is 12.8. The molecule has 21 heavy (non-hydrogen) atoms. The Balaban J connectivity index is 2.03. The van der Waals surface area contributed by atoms with Gasteiger partial charge in [0.05, 0.1) is 5.69 Å². The van der Waals surface area contributed by atoms with Crippen molar-refractivity contribution in [2.45, 2.75) is 17.9 Å². The molecular weight excluding hydrogens is 293 g/mol. The van der Waals surface area contributed by atoms with Crippen molar-refractivity contribution >= 4 is 10.0 Å². The van der Waals surface area contributed by atoms with Crippen molar-refractivity contribution in [2.75, 3.05) is 6.54 Å². The molecule has 0 unspecified atom stereocenters. The molecule has 112 valence electrons. The number of pyridine rings is 1. The van der Waals surface area contributed by atoms with Crippen LogP contribution in [-0.2, 0) is 23.0 Å². The van der Waals surface area contributed by atoms with Gasteiger partial charge in [0.25, 0.3) is 0 Å². The molecule has 0 radical (unpaired) electrons. The van der Waals surface area contributed by atoms with Gasteiger partial charge in [-0.25, -0.2) is 17.5 Å². The number of nitrogens with one attached hydrogen (secondary N) is 1. The Labute approximate surface area is 123 Å². The van der Waals surface area contributed by atoms with E-state index in [1.807, 2.05) is 0 Å². The molecule has 0 aliphatic heterocycles. The lowest BCUT2D eigenvalue weighted by molar-refractivity contribution is 0.579. The predicted octanol–water partition coefficient (Wildman–Crippen LogP) is 1.20. The lowest BCUT2D eigenvalue weighted by Gasteiger charge is -2.09. The lowest BCUT2D eigenvalue weighted by atomic mass is 10.1. The van der Waals surface area contributed by atoms with Crippen LogP contribution in [0.4, 0.5) is 4.39 Å². The lowest BCUT2D eigenvalue weighted by Crippen LogP contribution is -2.27. The maximum atomic E-state index is 12.8. The van der Waals surface area contributed by atoms with Crippen molar-refractivity contribution in [1.29, 1.82) is 0 Å². The molecule has 3 N–H and O–H groups in total. The number of nitrogens with zero attached hydrogens (tertiary/aromatic N) is 1. The number of nitrogens with two attached hydrogens (primary N) is 1. The van der Waals surface area contributed by atoms with Gasteiger partial charge in [0.15, 0.2) is 0 Å². The second-order valence-electron chi connectivity index (χ2n) is 4.43. The minimum Gasteiger partial charge on any atom is -0.325 e. The van der Waals surface area contributed by atoms with Crippen molar-refractivity contribution in [2.24, 2.45) is 5.73 Å². The van der Waals surface area contributed by atoms with Gasteiger partial charge >= 0.3 is 0 Å². The van der Waals surface area contributed by atoms with E-state index in [1.165, 1.54) is 24.4 Å². The summed E-state index contributed by atoms with van der Waals surface area (Å²) in [6.07, 6.45) is 1.97. The van der Waals surface area contributed by atoms with E-state index >= 15 is 0 Å². The Morgan fingerprint density at radius 2 is 1.90 bits per heavy atom. The van der Waals surface area contributed by atoms with Crippen LogP contribution >= 0.6 is 0 Å². The van der Waals surface area contributed by atoms with Gasteiger partial charge in [-0.1, -0.05) is 12.1 Å². The van der Waals surface area contributed by atoms with Gasteiger partial charge in [-0.05, 0) is 36.2 Å². The Hall–Kier alpha value is -1.83. The third-order valence-electron chi connectivity index (χ3n) is 2.95. The minimum absolute atomic E-state index is 0.0506. The van der Waals surface area contributed by atoms with E-state index in [2.05, 4.69) is 9.71 Å². The highest BCUT2D eigenvalue weighted by Gasteiger charge is 2.17. The van der Waals surface area contributed by atoms with Crippen molar-refractivity contribution in [1.82, 2.24) is 9.71 Å². The molecule has 0 fully saturated rings. The number of hydrogen-bond acceptors (Lipinski definition) is 4. The van der Waals surface area contributed by atoms with Gasteiger partial charge in [-0.15, -0.1) is 0 Å². The van der Waals surface area contributed by atoms with Gasteiger partial charge in [0.2, 0.25) is 10.0 Å². The highest BCUT2D eigenvalue weighted by Crippen LogP contribution is 2.12. The van der Waals surface area contributed by atoms with Crippen molar-refractivity contribution in [3.05, 3.63) is 59.7 Å². The molecule has 1 aromatic carbocycles. The highest BCUT2D eigenvalue weighted by molar-refractivity contribution is 7.89. The fraction of sp³-hybridized carbons (Fsp3) is 0.214. The molecule has 2 rings (SSSR count). The zero-order valence-electron chi connectivity index (χ0n) is 11.3. The molecule has 0 spiro atoms. The van der Waals surface area contributed by atoms with Gasteiger partial charge < -0.3 is 5.73 Å². The standard InChI is InChI=1S/C14H16FN3O2S/c15-12-5-3-11(4-6-12)7-9-18-21(19,20)14-2-1-8-17-13(14)10-16/h1-6,8,18H,7,9-10,16H2. The van der Waals surface area contributed by atoms with E-state index in [0.29, 0.717) is 12.1 Å². The van der Waals surface area contributed by atoms with Crippen LogP contribution in [0.5, 0.6) is 0 Å². The van der Waals surface area contributed by atoms with Crippen LogP contribution in [0.2, 0.25) is 0 Å². The van der Waals surface area contributed by atoms with Crippen LogP contribution in [0.1, 0.15) is 11.3 Å². The maximum Gasteiger partial charge on any atom is 0.242 e. The average Bonchev–Trinajstić information content (AvgIpc) is 2.49. The monoisotopic (exact) mass is 309 g/mol. The molecule has 5 nitrogen and oxygen atoms in total. The van der Waals surface area contributed by atoms with Crippen LogP contribution < -0.4 is 10.5 Å². The first-order chi connectivity index (χ1) is 10.0. The van der Waals surface area contributed by atoms with E-state index in [1.54, 1.807) is 18.2 Å². The van der Waals surface area contributed by atoms with Gasteiger partial charge in [-0.2, -0.15) is 0 Å². The average molecular weight is 309 g/mol. The smallest absolute Gasteiger partial charge is 0.242 e. The first-order valence-corrected chi connectivity index (χ1v) is 7.89. The van der Waals surface area contributed by atoms with Gasteiger partial charge in [0, 0.05) is 19.3 Å². The summed E-state index contributed by atoms with van der Waals surface area (Å²) in [6, 6.07) is 8.95. The van der Waals surface area contributed by atoms with Crippen LogP contribution in [0.15, 0.2) is 47.5 Å². The third-order valence-corrected chi connectivity index (χ3v) is 4.49. The van der Waals surface area contributed by atoms with E-state index in [0.717, 1.165) is 5.56 Å². The van der Waals surface area contributed by atoms with Crippen molar-refractivity contribution in [3.8, 4) is 0 Å². The summed E-state index contributed by atoms with van der Waals surface area (Å²) in [6.45, 7) is 0.266. The van der Waals surface area contributed by atoms with E-state index in [-0.39, 0.29) is 23.8 Å². The van der Waals surface area contributed by atoms with E-state index in [4.69, 9.17) is 5.73 Å². The van der Waals surface area contributed by atoms with Crippen molar-refractivity contribution < 1.29 is 12.8 Å². The summed E-state index contributed by atoms with van der Waals surface area (Å²) >= 11 is 0. The zero-order chi connectivity index (χ0) is 15.3. The summed E-state index contributed by atoms with van der Waals surface area (Å²) in [5.41, 5.74) is 6.67. The topological polar surface area (TPSA) is 85.1 Å². The van der Waals surface area contributed by atoms with E-state index < -0.39 is 10.0 Å². The first kappa shape index (κ1) is 15.6. The SMILES string of the molecule is NCc1ncccc1S(=O)(=O)NCCc1ccc(F)cc1. The third kappa shape index (κ3) is 4.07. The Morgan fingerprint density at radius 3 is 2.57 bits per heavy atom. The quantitative estimate of drug-likeness (QED) is 0.839. The molecule has 7 heteroatoms. The van der Waals surface area contributed by atoms with E-state index in [9.17, 15) is 12.8 Å². The van der Waals surface area contributed by atoms with Gasteiger partial charge in [-0.3, -0.25) is 4.98 Å². The normalized spacial score (nSPS) is 11.5. The number of sulfonamides is 1. The number of benzene rings is 1. The van der Waals surface area contributed by atoms with Crippen molar-refractivity contribution in [3.63, 3.8) is 0 Å². The number of rotatable bonds is 6. The fourth-order valence-electron chi connectivity index (χ4n) is 1.88. The van der Waals surface area contributed by atoms with Crippen LogP contribution in [0, 0.1) is 5.82 Å². The molecule has 0 aliphatic carbocycles. The Kier molecular flexibility index (Phi) is 5.00. The summed E-state index contributed by atoms with van der Waals surface area (Å²) in [5.74, 6) is -0.317. The van der Waals surface area contributed by atoms with Crippen LogP contribution in [0.3, 0.4) is 0 Å². The highest BCUT2D eigenvalue weighted by atomic mass is 32.2.